The van der Waals surface area contributed by atoms with E-state index in [1.54, 1.807) is 0 Å². The van der Waals surface area contributed by atoms with Gasteiger partial charge >= 0.3 is 0 Å². The molecular formula is C17H32N2. The average molecular weight is 264 g/mol. The molecule has 3 rings (SSSR count). The van der Waals surface area contributed by atoms with Crippen LogP contribution in [0, 0.1) is 11.8 Å². The van der Waals surface area contributed by atoms with E-state index in [2.05, 4.69) is 24.1 Å². The van der Waals surface area contributed by atoms with Gasteiger partial charge in [0.1, 0.15) is 0 Å². The third-order valence-corrected chi connectivity index (χ3v) is 5.46. The van der Waals surface area contributed by atoms with Crippen LogP contribution in [0.25, 0.3) is 0 Å². The van der Waals surface area contributed by atoms with Crippen molar-refractivity contribution in [1.82, 2.24) is 10.2 Å². The van der Waals surface area contributed by atoms with Crippen LogP contribution in [0.4, 0.5) is 0 Å². The molecule has 2 saturated carbocycles. The summed E-state index contributed by atoms with van der Waals surface area (Å²) >= 11 is 0. The van der Waals surface area contributed by atoms with Gasteiger partial charge in [0.15, 0.2) is 0 Å². The van der Waals surface area contributed by atoms with Gasteiger partial charge in [0.2, 0.25) is 0 Å². The van der Waals surface area contributed by atoms with E-state index in [1.165, 1.54) is 64.5 Å². The van der Waals surface area contributed by atoms with E-state index < -0.39 is 0 Å². The Balaban J connectivity index is 1.48. The zero-order chi connectivity index (χ0) is 13.2. The first kappa shape index (κ1) is 13.9. The monoisotopic (exact) mass is 264 g/mol. The molecule has 3 atom stereocenters. The van der Waals surface area contributed by atoms with Crippen molar-refractivity contribution < 1.29 is 0 Å². The normalized spacial score (nSPS) is 35.1. The number of hydrogen-bond donors (Lipinski definition) is 1. The van der Waals surface area contributed by atoms with E-state index in [4.69, 9.17) is 0 Å². The highest BCUT2D eigenvalue weighted by Crippen LogP contribution is 2.35. The Kier molecular flexibility index (Phi) is 4.48. The van der Waals surface area contributed by atoms with Gasteiger partial charge in [-0.1, -0.05) is 26.7 Å². The lowest BCUT2D eigenvalue weighted by Gasteiger charge is -2.27. The highest BCUT2D eigenvalue weighted by atomic mass is 15.2. The number of rotatable bonds is 6. The van der Waals surface area contributed by atoms with Gasteiger partial charge < -0.3 is 5.32 Å². The third kappa shape index (κ3) is 3.72. The van der Waals surface area contributed by atoms with Crippen molar-refractivity contribution in [2.45, 2.75) is 83.3 Å². The Morgan fingerprint density at radius 2 is 1.89 bits per heavy atom. The molecule has 0 aromatic rings. The van der Waals surface area contributed by atoms with Crippen LogP contribution in [0.3, 0.4) is 0 Å². The van der Waals surface area contributed by atoms with Gasteiger partial charge in [-0.2, -0.15) is 0 Å². The Morgan fingerprint density at radius 3 is 2.58 bits per heavy atom. The molecule has 1 N–H and O–H groups in total. The van der Waals surface area contributed by atoms with Crippen LogP contribution in [0.15, 0.2) is 0 Å². The van der Waals surface area contributed by atoms with Crippen LogP contribution >= 0.6 is 0 Å². The molecule has 0 aromatic heterocycles. The van der Waals surface area contributed by atoms with E-state index in [0.29, 0.717) is 0 Å². The number of nitrogens with zero attached hydrogens (tertiary/aromatic N) is 1. The van der Waals surface area contributed by atoms with Crippen LogP contribution in [-0.2, 0) is 0 Å². The molecule has 0 aromatic carbocycles. The van der Waals surface area contributed by atoms with Gasteiger partial charge in [-0.25, -0.2) is 0 Å². The average Bonchev–Trinajstić information content (AvgIpc) is 3.14. The third-order valence-electron chi connectivity index (χ3n) is 5.46. The first-order chi connectivity index (χ1) is 9.22. The Labute approximate surface area is 119 Å². The second-order valence-electron chi connectivity index (χ2n) is 7.66. The lowest BCUT2D eigenvalue weighted by Crippen LogP contribution is -2.42. The summed E-state index contributed by atoms with van der Waals surface area (Å²) in [5.41, 5.74) is 0. The van der Waals surface area contributed by atoms with E-state index >= 15 is 0 Å². The molecule has 0 amide bonds. The molecule has 0 radical (unpaired) electrons. The van der Waals surface area contributed by atoms with E-state index in [-0.39, 0.29) is 0 Å². The fourth-order valence-corrected chi connectivity index (χ4v) is 4.14. The standard InChI is InChI=1S/C17H32N2/c1-13(2)9-10-19(16-7-8-16)12-15-11-14-5-3-4-6-17(14)18-15/h13-18H,3-12H2,1-2H3. The largest absolute Gasteiger partial charge is 0.310 e. The molecule has 3 unspecified atom stereocenters. The minimum absolute atomic E-state index is 0.792. The van der Waals surface area contributed by atoms with Crippen molar-refractivity contribution >= 4 is 0 Å². The number of fused-ring (bicyclic) bond motifs is 1. The Morgan fingerprint density at radius 1 is 1.11 bits per heavy atom. The highest BCUT2D eigenvalue weighted by molar-refractivity contribution is 4.96. The van der Waals surface area contributed by atoms with E-state index in [0.717, 1.165) is 30.0 Å². The predicted molar refractivity (Wildman–Crippen MR) is 81.3 cm³/mol. The number of hydrogen-bond acceptors (Lipinski definition) is 2. The molecule has 2 heteroatoms. The quantitative estimate of drug-likeness (QED) is 0.791. The Hall–Kier alpha value is -0.0800. The molecule has 19 heavy (non-hydrogen) atoms. The van der Waals surface area contributed by atoms with Gasteiger partial charge in [0, 0.05) is 24.7 Å². The number of nitrogens with one attached hydrogen (secondary N) is 1. The van der Waals surface area contributed by atoms with Crippen molar-refractivity contribution in [3.8, 4) is 0 Å². The summed E-state index contributed by atoms with van der Waals surface area (Å²) in [4.78, 5) is 2.80. The summed E-state index contributed by atoms with van der Waals surface area (Å²) in [5, 5.41) is 3.95. The van der Waals surface area contributed by atoms with Crippen molar-refractivity contribution in [2.75, 3.05) is 13.1 Å². The van der Waals surface area contributed by atoms with E-state index in [9.17, 15) is 0 Å². The summed E-state index contributed by atoms with van der Waals surface area (Å²) in [6.07, 6.45) is 11.6. The second kappa shape index (κ2) is 6.13. The maximum Gasteiger partial charge on any atom is 0.0201 e. The fraction of sp³-hybridized carbons (Fsp3) is 1.00. The molecule has 1 saturated heterocycles. The van der Waals surface area contributed by atoms with Crippen molar-refractivity contribution in [3.05, 3.63) is 0 Å². The van der Waals surface area contributed by atoms with Gasteiger partial charge in [0.25, 0.3) is 0 Å². The molecule has 1 aliphatic heterocycles. The second-order valence-corrected chi connectivity index (χ2v) is 7.66. The highest BCUT2D eigenvalue weighted by Gasteiger charge is 2.37. The van der Waals surface area contributed by atoms with Crippen LogP contribution in [0.5, 0.6) is 0 Å². The summed E-state index contributed by atoms with van der Waals surface area (Å²) < 4.78 is 0. The molecule has 3 aliphatic rings. The smallest absolute Gasteiger partial charge is 0.0201 e. The maximum absolute atomic E-state index is 3.95. The summed E-state index contributed by atoms with van der Waals surface area (Å²) in [6.45, 7) is 7.36. The maximum atomic E-state index is 3.95. The Bertz CT molecular complexity index is 271. The van der Waals surface area contributed by atoms with Crippen molar-refractivity contribution in [1.29, 1.82) is 0 Å². The molecule has 0 bridgehead atoms. The summed E-state index contributed by atoms with van der Waals surface area (Å²) in [7, 11) is 0. The van der Waals surface area contributed by atoms with Gasteiger partial charge in [0.05, 0.1) is 0 Å². The summed E-state index contributed by atoms with van der Waals surface area (Å²) in [6, 6.07) is 2.59. The zero-order valence-electron chi connectivity index (χ0n) is 12.9. The van der Waals surface area contributed by atoms with E-state index in [1.807, 2.05) is 0 Å². The molecule has 110 valence electrons. The molecular weight excluding hydrogens is 232 g/mol. The van der Waals surface area contributed by atoms with Crippen molar-refractivity contribution in [2.24, 2.45) is 11.8 Å². The topological polar surface area (TPSA) is 15.3 Å². The first-order valence-corrected chi connectivity index (χ1v) is 8.72. The molecule has 2 aliphatic carbocycles. The predicted octanol–water partition coefficient (Wildman–Crippen LogP) is 3.42. The van der Waals surface area contributed by atoms with Crippen LogP contribution < -0.4 is 5.32 Å². The molecule has 1 heterocycles. The van der Waals surface area contributed by atoms with Crippen LogP contribution in [0.1, 0.15) is 65.2 Å². The molecule has 0 spiro atoms. The fourth-order valence-electron chi connectivity index (χ4n) is 4.14. The SMILES string of the molecule is CC(C)CCN(CC1CC2CCCCC2N1)C1CC1. The summed E-state index contributed by atoms with van der Waals surface area (Å²) in [5.74, 6) is 1.85. The van der Waals surface area contributed by atoms with Crippen molar-refractivity contribution in [3.63, 3.8) is 0 Å². The molecule has 2 nitrogen and oxygen atoms in total. The lowest BCUT2D eigenvalue weighted by molar-refractivity contribution is 0.224. The zero-order valence-corrected chi connectivity index (χ0v) is 12.9. The first-order valence-electron chi connectivity index (χ1n) is 8.72. The lowest BCUT2D eigenvalue weighted by atomic mass is 9.85. The van der Waals surface area contributed by atoms with Crippen LogP contribution in [0.2, 0.25) is 0 Å². The molecule has 3 fully saturated rings. The van der Waals surface area contributed by atoms with Gasteiger partial charge in [-0.3, -0.25) is 4.90 Å². The van der Waals surface area contributed by atoms with Crippen LogP contribution in [-0.4, -0.2) is 36.1 Å². The minimum Gasteiger partial charge on any atom is -0.310 e. The minimum atomic E-state index is 0.792. The van der Waals surface area contributed by atoms with Gasteiger partial charge in [-0.05, 0) is 56.9 Å². The van der Waals surface area contributed by atoms with Gasteiger partial charge in [-0.15, -0.1) is 0 Å².